The van der Waals surface area contributed by atoms with Crippen molar-refractivity contribution in [1.29, 1.82) is 0 Å². The highest BCUT2D eigenvalue weighted by Gasteiger charge is 2.32. The molecule has 0 saturated heterocycles. The van der Waals surface area contributed by atoms with Crippen LogP contribution in [0.3, 0.4) is 0 Å². The van der Waals surface area contributed by atoms with Crippen LogP contribution >= 0.6 is 23.7 Å². The second-order valence-corrected chi connectivity index (χ2v) is 7.34. The summed E-state index contributed by atoms with van der Waals surface area (Å²) in [6.07, 6.45) is 3.53. The fourth-order valence-electron chi connectivity index (χ4n) is 2.81. The lowest BCUT2D eigenvalue weighted by molar-refractivity contribution is -0.127. The van der Waals surface area contributed by atoms with E-state index in [4.69, 9.17) is 10.5 Å². The van der Waals surface area contributed by atoms with E-state index < -0.39 is 0 Å². The van der Waals surface area contributed by atoms with E-state index in [2.05, 4.69) is 24.1 Å². The number of carbonyl (C=O) groups is 1. The van der Waals surface area contributed by atoms with Crippen molar-refractivity contribution in [3.8, 4) is 0 Å². The topological polar surface area (TPSA) is 77.2 Å². The van der Waals surface area contributed by atoms with Crippen molar-refractivity contribution in [3.05, 3.63) is 15.6 Å². The molecule has 1 aliphatic rings. The molecule has 1 fully saturated rings. The van der Waals surface area contributed by atoms with E-state index in [0.29, 0.717) is 13.0 Å². The molecule has 1 aromatic rings. The van der Waals surface area contributed by atoms with E-state index >= 15 is 0 Å². The van der Waals surface area contributed by atoms with Crippen LogP contribution in [0, 0.1) is 19.8 Å². The van der Waals surface area contributed by atoms with Crippen LogP contribution < -0.4 is 11.1 Å². The Hall–Kier alpha value is -0.690. The van der Waals surface area contributed by atoms with Crippen molar-refractivity contribution >= 4 is 29.7 Å². The Morgan fingerprint density at radius 3 is 2.74 bits per heavy atom. The maximum atomic E-state index is 12.3. The molecule has 2 rings (SSSR count). The van der Waals surface area contributed by atoms with Crippen LogP contribution in [0.5, 0.6) is 0 Å². The van der Waals surface area contributed by atoms with Gasteiger partial charge in [0.2, 0.25) is 5.91 Å². The van der Waals surface area contributed by atoms with Crippen LogP contribution in [0.1, 0.15) is 48.2 Å². The Morgan fingerprint density at radius 1 is 1.43 bits per heavy atom. The minimum Gasteiger partial charge on any atom is -0.377 e. The van der Waals surface area contributed by atoms with E-state index in [1.54, 1.807) is 11.3 Å². The lowest BCUT2D eigenvalue weighted by Gasteiger charge is -2.33. The van der Waals surface area contributed by atoms with Gasteiger partial charge in [0.15, 0.2) is 0 Å². The Kier molecular flexibility index (Phi) is 8.47. The number of aryl methyl sites for hydroxylation is 2. The number of nitrogens with zero attached hydrogens (tertiary/aromatic N) is 1. The van der Waals surface area contributed by atoms with Crippen molar-refractivity contribution in [2.45, 2.75) is 65.1 Å². The van der Waals surface area contributed by atoms with Crippen LogP contribution in [-0.4, -0.2) is 29.6 Å². The van der Waals surface area contributed by atoms with Gasteiger partial charge in [-0.05, 0) is 39.5 Å². The first-order chi connectivity index (χ1) is 10.5. The van der Waals surface area contributed by atoms with E-state index in [0.717, 1.165) is 36.6 Å². The second kappa shape index (κ2) is 9.57. The van der Waals surface area contributed by atoms with Gasteiger partial charge in [0.05, 0.1) is 18.3 Å². The molecule has 1 saturated carbocycles. The van der Waals surface area contributed by atoms with Gasteiger partial charge in [0.1, 0.15) is 5.01 Å². The second-order valence-electron chi connectivity index (χ2n) is 6.05. The highest BCUT2D eigenvalue weighted by molar-refractivity contribution is 7.11. The first kappa shape index (κ1) is 20.4. The number of rotatable bonds is 6. The summed E-state index contributed by atoms with van der Waals surface area (Å²) in [5.74, 6) is 0.0912. The average molecular weight is 362 g/mol. The molecule has 7 heteroatoms. The number of carbonyl (C=O) groups excluding carboxylic acids is 1. The molecule has 0 aliphatic heterocycles. The molecule has 3 N–H and O–H groups in total. The lowest BCUT2D eigenvalue weighted by Crippen LogP contribution is -2.46. The average Bonchev–Trinajstić information content (AvgIpc) is 2.82. The molecule has 1 heterocycles. The predicted molar refractivity (Wildman–Crippen MR) is 96.0 cm³/mol. The van der Waals surface area contributed by atoms with Gasteiger partial charge in [0.25, 0.3) is 0 Å². The summed E-state index contributed by atoms with van der Waals surface area (Å²) < 4.78 is 5.75. The minimum absolute atomic E-state index is 0. The van der Waals surface area contributed by atoms with Gasteiger partial charge in [0, 0.05) is 23.4 Å². The SMILES string of the molecule is CCCO[C@@H]1CC[C@H](C(=O)NCc2nc(C)c(C)s2)C[C@H]1N.Cl. The zero-order valence-corrected chi connectivity index (χ0v) is 15.8. The molecule has 0 unspecified atom stereocenters. The van der Waals surface area contributed by atoms with Crippen molar-refractivity contribution in [1.82, 2.24) is 10.3 Å². The molecule has 132 valence electrons. The molecule has 5 nitrogen and oxygen atoms in total. The standard InChI is InChI=1S/C16H27N3O2S.ClH/c1-4-7-21-14-6-5-12(8-13(14)17)16(20)18-9-15-19-10(2)11(3)22-15;/h12-14H,4-9,17H2,1-3H3,(H,18,20);1H/t12-,13+,14+;/m0./s1. The van der Waals surface area contributed by atoms with Crippen LogP contribution in [0.2, 0.25) is 0 Å². The Labute approximate surface area is 148 Å². The molecular weight excluding hydrogens is 334 g/mol. The van der Waals surface area contributed by atoms with Crippen molar-refractivity contribution in [2.24, 2.45) is 11.7 Å². The molecule has 0 radical (unpaired) electrons. The number of hydrogen-bond donors (Lipinski definition) is 2. The Balaban J connectivity index is 0.00000264. The molecule has 1 aromatic heterocycles. The number of aromatic nitrogens is 1. The third-order valence-electron chi connectivity index (χ3n) is 4.23. The zero-order valence-electron chi connectivity index (χ0n) is 14.1. The first-order valence-corrected chi connectivity index (χ1v) is 8.90. The minimum atomic E-state index is -0.0413. The number of ether oxygens (including phenoxy) is 1. The molecule has 0 bridgehead atoms. The highest BCUT2D eigenvalue weighted by Crippen LogP contribution is 2.26. The predicted octanol–water partition coefficient (Wildman–Crippen LogP) is 2.72. The molecule has 3 atom stereocenters. The molecule has 1 aliphatic carbocycles. The van der Waals surface area contributed by atoms with Crippen LogP contribution in [-0.2, 0) is 16.1 Å². The number of nitrogens with two attached hydrogens (primary N) is 1. The van der Waals surface area contributed by atoms with Gasteiger partial charge in [-0.1, -0.05) is 6.92 Å². The van der Waals surface area contributed by atoms with Gasteiger partial charge in [-0.25, -0.2) is 4.98 Å². The Morgan fingerprint density at radius 2 is 2.17 bits per heavy atom. The first-order valence-electron chi connectivity index (χ1n) is 8.09. The Bertz CT molecular complexity index is 490. The summed E-state index contributed by atoms with van der Waals surface area (Å²) in [5.41, 5.74) is 7.21. The number of amides is 1. The summed E-state index contributed by atoms with van der Waals surface area (Å²) in [4.78, 5) is 18.0. The van der Waals surface area contributed by atoms with Gasteiger partial charge in [-0.3, -0.25) is 4.79 Å². The third kappa shape index (κ3) is 5.71. The van der Waals surface area contributed by atoms with Crippen molar-refractivity contribution in [3.63, 3.8) is 0 Å². The normalized spacial score (nSPS) is 24.1. The van der Waals surface area contributed by atoms with Crippen LogP contribution in [0.25, 0.3) is 0 Å². The summed E-state index contributed by atoms with van der Waals surface area (Å²) in [5, 5.41) is 3.97. The third-order valence-corrected chi connectivity index (χ3v) is 5.30. The van der Waals surface area contributed by atoms with E-state index in [1.807, 2.05) is 6.92 Å². The molecular formula is C16H28ClN3O2S. The smallest absolute Gasteiger partial charge is 0.223 e. The van der Waals surface area contributed by atoms with Crippen molar-refractivity contribution in [2.75, 3.05) is 6.61 Å². The fourth-order valence-corrected chi connectivity index (χ4v) is 3.69. The summed E-state index contributed by atoms with van der Waals surface area (Å²) in [6, 6.07) is -0.0413. The largest absolute Gasteiger partial charge is 0.377 e. The number of halogens is 1. The fraction of sp³-hybridized carbons (Fsp3) is 0.750. The molecule has 0 aromatic carbocycles. The van der Waals surface area contributed by atoms with E-state index in [-0.39, 0.29) is 36.4 Å². The van der Waals surface area contributed by atoms with Gasteiger partial charge in [-0.15, -0.1) is 23.7 Å². The van der Waals surface area contributed by atoms with Gasteiger partial charge < -0.3 is 15.8 Å². The number of hydrogen-bond acceptors (Lipinski definition) is 5. The van der Waals surface area contributed by atoms with Crippen molar-refractivity contribution < 1.29 is 9.53 Å². The quantitative estimate of drug-likeness (QED) is 0.816. The molecule has 0 spiro atoms. The highest BCUT2D eigenvalue weighted by atomic mass is 35.5. The zero-order chi connectivity index (χ0) is 16.1. The maximum absolute atomic E-state index is 12.3. The lowest BCUT2D eigenvalue weighted by atomic mass is 9.83. The van der Waals surface area contributed by atoms with Gasteiger partial charge in [-0.2, -0.15) is 0 Å². The van der Waals surface area contributed by atoms with Gasteiger partial charge >= 0.3 is 0 Å². The summed E-state index contributed by atoms with van der Waals surface area (Å²) in [6.45, 7) is 7.40. The van der Waals surface area contributed by atoms with Crippen LogP contribution in [0.15, 0.2) is 0 Å². The van der Waals surface area contributed by atoms with E-state index in [1.165, 1.54) is 4.88 Å². The maximum Gasteiger partial charge on any atom is 0.223 e. The monoisotopic (exact) mass is 361 g/mol. The summed E-state index contributed by atoms with van der Waals surface area (Å²) in [7, 11) is 0. The molecule has 23 heavy (non-hydrogen) atoms. The summed E-state index contributed by atoms with van der Waals surface area (Å²) >= 11 is 1.64. The molecule has 1 amide bonds. The van der Waals surface area contributed by atoms with E-state index in [9.17, 15) is 4.79 Å². The number of thiazole rings is 1. The van der Waals surface area contributed by atoms with Crippen LogP contribution in [0.4, 0.5) is 0 Å². The number of nitrogens with one attached hydrogen (secondary N) is 1.